The maximum Gasteiger partial charge on any atom is 0.250 e. The van der Waals surface area contributed by atoms with Gasteiger partial charge in [0.2, 0.25) is 11.8 Å². The van der Waals surface area contributed by atoms with Crippen molar-refractivity contribution >= 4 is 30.1 Å². The summed E-state index contributed by atoms with van der Waals surface area (Å²) in [6.07, 6.45) is 1.94. The quantitative estimate of drug-likeness (QED) is 0.821. The Hall–Kier alpha value is -1.49. The molecule has 0 radical (unpaired) electrons. The molecular formula is C14H18N2O2S. The zero-order chi connectivity index (χ0) is 13.8. The van der Waals surface area contributed by atoms with Gasteiger partial charge in [-0.2, -0.15) is 12.6 Å². The summed E-state index contributed by atoms with van der Waals surface area (Å²) in [5.74, 6) is 0.00640. The van der Waals surface area contributed by atoms with Gasteiger partial charge in [0.15, 0.2) is 0 Å². The molecule has 0 spiro atoms. The summed E-state index contributed by atoms with van der Waals surface area (Å²) >= 11 is 4.16. The van der Waals surface area contributed by atoms with E-state index in [1.54, 1.807) is 4.90 Å². The number of anilines is 1. The molecule has 0 saturated heterocycles. The Labute approximate surface area is 118 Å². The first-order chi connectivity index (χ1) is 9.13. The molecule has 2 rings (SSSR count). The molecule has 1 heterocycles. The fourth-order valence-corrected chi connectivity index (χ4v) is 2.63. The Kier molecular flexibility index (Phi) is 4.47. The van der Waals surface area contributed by atoms with E-state index in [1.165, 1.54) is 12.5 Å². The maximum atomic E-state index is 12.5. The highest BCUT2D eigenvalue weighted by Crippen LogP contribution is 2.27. The van der Waals surface area contributed by atoms with E-state index in [9.17, 15) is 9.59 Å². The van der Waals surface area contributed by atoms with Crippen molar-refractivity contribution in [3.8, 4) is 0 Å². The van der Waals surface area contributed by atoms with Gasteiger partial charge >= 0.3 is 0 Å². The van der Waals surface area contributed by atoms with Crippen LogP contribution in [0, 0.1) is 0 Å². The van der Waals surface area contributed by atoms with Crippen LogP contribution in [-0.4, -0.2) is 30.2 Å². The smallest absolute Gasteiger partial charge is 0.250 e. The highest BCUT2D eigenvalue weighted by Gasteiger charge is 2.28. The van der Waals surface area contributed by atoms with Crippen molar-refractivity contribution in [1.82, 2.24) is 5.32 Å². The molecule has 1 aromatic carbocycles. The maximum absolute atomic E-state index is 12.5. The number of carbonyl (C=O) groups excluding carboxylic acids is 2. The fraction of sp³-hybridized carbons (Fsp3) is 0.429. The Morgan fingerprint density at radius 1 is 1.42 bits per heavy atom. The van der Waals surface area contributed by atoms with E-state index in [4.69, 9.17) is 0 Å². The molecule has 1 aromatic rings. The largest absolute Gasteiger partial charge is 0.344 e. The molecule has 0 aliphatic carbocycles. The number of aryl methyl sites for hydroxylation is 1. The zero-order valence-electron chi connectivity index (χ0n) is 10.9. The first-order valence-corrected chi connectivity index (χ1v) is 7.04. The third-order valence-electron chi connectivity index (χ3n) is 3.23. The van der Waals surface area contributed by atoms with Gasteiger partial charge in [0.05, 0.1) is 0 Å². The number of fused-ring (bicyclic) bond motifs is 1. The van der Waals surface area contributed by atoms with Crippen molar-refractivity contribution in [2.45, 2.75) is 25.8 Å². The monoisotopic (exact) mass is 278 g/mol. The number of amides is 2. The van der Waals surface area contributed by atoms with Crippen LogP contribution < -0.4 is 10.2 Å². The number of para-hydroxylation sites is 1. The average Bonchev–Trinajstić information content (AvgIpc) is 2.43. The van der Waals surface area contributed by atoms with E-state index in [0.29, 0.717) is 12.3 Å². The first-order valence-electron chi connectivity index (χ1n) is 6.40. The van der Waals surface area contributed by atoms with Crippen LogP contribution in [0.15, 0.2) is 24.3 Å². The van der Waals surface area contributed by atoms with E-state index >= 15 is 0 Å². The van der Waals surface area contributed by atoms with Gasteiger partial charge in [-0.05, 0) is 24.5 Å². The van der Waals surface area contributed by atoms with Gasteiger partial charge in [-0.1, -0.05) is 18.2 Å². The lowest BCUT2D eigenvalue weighted by molar-refractivity contribution is -0.126. The Bertz CT molecular complexity index is 490. The van der Waals surface area contributed by atoms with E-state index in [0.717, 1.165) is 18.5 Å². The van der Waals surface area contributed by atoms with Gasteiger partial charge in [0.1, 0.15) is 6.04 Å². The minimum Gasteiger partial charge on any atom is -0.344 e. The van der Waals surface area contributed by atoms with Gasteiger partial charge in [-0.15, -0.1) is 0 Å². The molecule has 0 bridgehead atoms. The molecule has 1 aliphatic rings. The third kappa shape index (κ3) is 3.10. The number of carbonyl (C=O) groups is 2. The van der Waals surface area contributed by atoms with Crippen molar-refractivity contribution < 1.29 is 9.59 Å². The number of hydrogen-bond donors (Lipinski definition) is 2. The molecule has 1 N–H and O–H groups in total. The lowest BCUT2D eigenvalue weighted by Crippen LogP contribution is -2.50. The molecule has 1 atom stereocenters. The predicted molar refractivity (Wildman–Crippen MR) is 78.6 cm³/mol. The van der Waals surface area contributed by atoms with E-state index in [-0.39, 0.29) is 11.8 Å². The Morgan fingerprint density at radius 2 is 2.16 bits per heavy atom. The predicted octanol–water partition coefficient (Wildman–Crippen LogP) is 1.40. The Balaban J connectivity index is 2.22. The summed E-state index contributed by atoms with van der Waals surface area (Å²) < 4.78 is 0. The van der Waals surface area contributed by atoms with Crippen LogP contribution in [0.1, 0.15) is 18.9 Å². The van der Waals surface area contributed by atoms with Crippen molar-refractivity contribution in [3.05, 3.63) is 29.8 Å². The van der Waals surface area contributed by atoms with E-state index < -0.39 is 6.04 Å². The number of hydrogen-bond acceptors (Lipinski definition) is 3. The molecule has 0 saturated carbocycles. The van der Waals surface area contributed by atoms with Crippen LogP contribution in [0.5, 0.6) is 0 Å². The summed E-state index contributed by atoms with van der Waals surface area (Å²) in [5, 5.41) is 2.65. The average molecular weight is 278 g/mol. The van der Waals surface area contributed by atoms with Gasteiger partial charge < -0.3 is 10.2 Å². The molecule has 0 fully saturated rings. The van der Waals surface area contributed by atoms with Crippen LogP contribution in [0.4, 0.5) is 5.69 Å². The summed E-state index contributed by atoms with van der Waals surface area (Å²) in [4.78, 5) is 25.4. The van der Waals surface area contributed by atoms with Crippen molar-refractivity contribution in [2.75, 3.05) is 17.2 Å². The molecule has 4 nitrogen and oxygen atoms in total. The summed E-state index contributed by atoms with van der Waals surface area (Å²) in [6, 6.07) is 7.35. The lowest BCUT2D eigenvalue weighted by Gasteiger charge is -2.32. The lowest BCUT2D eigenvalue weighted by atomic mass is 10.0. The van der Waals surface area contributed by atoms with Gasteiger partial charge in [-0.3, -0.25) is 9.59 Å². The minimum atomic E-state index is -0.563. The zero-order valence-corrected chi connectivity index (χ0v) is 11.8. The van der Waals surface area contributed by atoms with Crippen LogP contribution >= 0.6 is 12.6 Å². The highest BCUT2D eigenvalue weighted by atomic mass is 32.1. The topological polar surface area (TPSA) is 49.4 Å². The van der Waals surface area contributed by atoms with Crippen molar-refractivity contribution in [1.29, 1.82) is 0 Å². The first kappa shape index (κ1) is 13.9. The molecule has 102 valence electrons. The molecular weight excluding hydrogens is 260 g/mol. The number of rotatable bonds is 3. The van der Waals surface area contributed by atoms with Crippen LogP contribution in [0.25, 0.3) is 0 Å². The second kappa shape index (κ2) is 6.10. The SMILES string of the molecule is CC(=O)NC(CS)C(=O)N1CCCc2ccccc21. The number of benzene rings is 1. The van der Waals surface area contributed by atoms with Gasteiger partial charge in [-0.25, -0.2) is 0 Å². The van der Waals surface area contributed by atoms with Crippen molar-refractivity contribution in [3.63, 3.8) is 0 Å². The third-order valence-corrected chi connectivity index (χ3v) is 3.60. The normalized spacial score (nSPS) is 15.6. The second-order valence-corrected chi connectivity index (χ2v) is 5.02. The minimum absolute atomic E-state index is 0.0858. The molecule has 19 heavy (non-hydrogen) atoms. The van der Waals surface area contributed by atoms with Crippen LogP contribution in [-0.2, 0) is 16.0 Å². The van der Waals surface area contributed by atoms with E-state index in [2.05, 4.69) is 17.9 Å². The second-order valence-electron chi connectivity index (χ2n) is 4.66. The van der Waals surface area contributed by atoms with Crippen molar-refractivity contribution in [2.24, 2.45) is 0 Å². The number of nitrogens with one attached hydrogen (secondary N) is 1. The summed E-state index contributed by atoms with van der Waals surface area (Å²) in [7, 11) is 0. The van der Waals surface area contributed by atoms with Gasteiger partial charge in [0, 0.05) is 24.9 Å². The van der Waals surface area contributed by atoms with Crippen LogP contribution in [0.2, 0.25) is 0 Å². The molecule has 5 heteroatoms. The standard InChI is InChI=1S/C14H18N2O2S/c1-10(17)15-12(9-19)14(18)16-8-4-6-11-5-2-3-7-13(11)16/h2-3,5,7,12,19H,4,6,8-9H2,1H3,(H,15,17). The molecule has 0 aromatic heterocycles. The molecule has 1 aliphatic heterocycles. The molecule has 1 unspecified atom stereocenters. The Morgan fingerprint density at radius 3 is 2.84 bits per heavy atom. The number of nitrogens with zero attached hydrogens (tertiary/aromatic N) is 1. The summed E-state index contributed by atoms with van der Waals surface area (Å²) in [5.41, 5.74) is 2.14. The van der Waals surface area contributed by atoms with Gasteiger partial charge in [0.25, 0.3) is 0 Å². The van der Waals surface area contributed by atoms with Crippen LogP contribution in [0.3, 0.4) is 0 Å². The molecule has 2 amide bonds. The fourth-order valence-electron chi connectivity index (χ4n) is 2.38. The summed E-state index contributed by atoms with van der Waals surface area (Å²) in [6.45, 7) is 2.10. The number of thiol groups is 1. The van der Waals surface area contributed by atoms with E-state index in [1.807, 2.05) is 24.3 Å². The highest BCUT2D eigenvalue weighted by molar-refractivity contribution is 7.80.